The highest BCUT2D eigenvalue weighted by atomic mass is 35.5. The Morgan fingerprint density at radius 2 is 1.76 bits per heavy atom. The van der Waals surface area contributed by atoms with E-state index in [0.717, 1.165) is 37.2 Å². The topological polar surface area (TPSA) is 71.9 Å². The lowest BCUT2D eigenvalue weighted by Crippen LogP contribution is -2.25. The summed E-state index contributed by atoms with van der Waals surface area (Å²) in [5.74, 6) is 1.63. The molecule has 8 heteroatoms. The van der Waals surface area contributed by atoms with Gasteiger partial charge in [-0.3, -0.25) is 5.43 Å². The van der Waals surface area contributed by atoms with Crippen molar-refractivity contribution in [3.05, 3.63) is 70.9 Å². The van der Waals surface area contributed by atoms with E-state index in [9.17, 15) is 0 Å². The summed E-state index contributed by atoms with van der Waals surface area (Å²) in [4.78, 5) is 11.0. The van der Waals surface area contributed by atoms with E-state index < -0.39 is 0 Å². The molecule has 1 aromatic carbocycles. The van der Waals surface area contributed by atoms with Gasteiger partial charge in [-0.1, -0.05) is 55.3 Å². The Morgan fingerprint density at radius 1 is 1.00 bits per heavy atom. The first-order valence-corrected chi connectivity index (χ1v) is 11.9. The Kier molecular flexibility index (Phi) is 9.98. The Hall–Kier alpha value is -3.32. The first kappa shape index (κ1) is 25.3. The second kappa shape index (κ2) is 13.4. The summed E-state index contributed by atoms with van der Waals surface area (Å²) in [6, 6.07) is 15.6. The van der Waals surface area contributed by atoms with Crippen molar-refractivity contribution in [3.8, 4) is 11.8 Å². The molecule has 7 nitrogen and oxygen atoms in total. The predicted octanol–water partition coefficient (Wildman–Crippen LogP) is 5.97. The van der Waals surface area contributed by atoms with Gasteiger partial charge in [0.2, 0.25) is 11.8 Å². The number of aromatic nitrogens is 2. The standard InChI is InChI=1S/C26H32ClN5O2/c1-4-11-32(12-5-2)23-16-24(31-29-18-21-8-6-7-20(3)15-21)30-26(17-23)34-14-13-33-25-10-9-22(27)19-28-25/h6-10,15-19H,4-5,11-14H2,1-3H3,(H,30,31)/b29-18+. The van der Waals surface area contributed by atoms with Crippen LogP contribution in [0.4, 0.5) is 11.5 Å². The van der Waals surface area contributed by atoms with E-state index in [1.165, 1.54) is 5.56 Å². The van der Waals surface area contributed by atoms with Crippen molar-refractivity contribution in [3.63, 3.8) is 0 Å². The van der Waals surface area contributed by atoms with Crippen LogP contribution in [0, 0.1) is 6.92 Å². The maximum atomic E-state index is 5.91. The van der Waals surface area contributed by atoms with Gasteiger partial charge in [-0.25, -0.2) is 4.98 Å². The molecule has 0 fully saturated rings. The van der Waals surface area contributed by atoms with Crippen LogP contribution in [0.25, 0.3) is 0 Å². The Balaban J connectivity index is 1.69. The van der Waals surface area contributed by atoms with E-state index in [2.05, 4.69) is 58.3 Å². The molecule has 0 saturated heterocycles. The van der Waals surface area contributed by atoms with Crippen LogP contribution in [0.5, 0.6) is 11.8 Å². The van der Waals surface area contributed by atoms with Crippen LogP contribution in [-0.2, 0) is 0 Å². The van der Waals surface area contributed by atoms with Crippen molar-refractivity contribution in [1.82, 2.24) is 9.97 Å². The highest BCUT2D eigenvalue weighted by Gasteiger charge is 2.10. The molecule has 0 spiro atoms. The highest BCUT2D eigenvalue weighted by Crippen LogP contribution is 2.25. The minimum absolute atomic E-state index is 0.328. The lowest BCUT2D eigenvalue weighted by Gasteiger charge is -2.24. The van der Waals surface area contributed by atoms with Crippen molar-refractivity contribution in [2.45, 2.75) is 33.6 Å². The largest absolute Gasteiger partial charge is 0.474 e. The maximum absolute atomic E-state index is 5.91. The average Bonchev–Trinajstić information content (AvgIpc) is 2.83. The summed E-state index contributed by atoms with van der Waals surface area (Å²) < 4.78 is 11.5. The van der Waals surface area contributed by atoms with Crippen LogP contribution in [-0.4, -0.2) is 42.5 Å². The first-order valence-electron chi connectivity index (χ1n) is 11.6. The van der Waals surface area contributed by atoms with Crippen LogP contribution in [0.3, 0.4) is 0 Å². The number of hydrazone groups is 1. The van der Waals surface area contributed by atoms with E-state index in [1.807, 2.05) is 24.3 Å². The molecule has 0 amide bonds. The Morgan fingerprint density at radius 3 is 2.44 bits per heavy atom. The molecule has 180 valence electrons. The van der Waals surface area contributed by atoms with E-state index in [0.29, 0.717) is 35.8 Å². The first-order chi connectivity index (χ1) is 16.6. The fourth-order valence-electron chi connectivity index (χ4n) is 3.38. The van der Waals surface area contributed by atoms with Crippen LogP contribution < -0.4 is 19.8 Å². The van der Waals surface area contributed by atoms with E-state index >= 15 is 0 Å². The number of hydrogen-bond donors (Lipinski definition) is 1. The molecule has 0 atom stereocenters. The van der Waals surface area contributed by atoms with Crippen molar-refractivity contribution >= 4 is 29.3 Å². The minimum Gasteiger partial charge on any atom is -0.474 e. The van der Waals surface area contributed by atoms with Gasteiger partial charge in [0.05, 0.1) is 11.2 Å². The fraction of sp³-hybridized carbons (Fsp3) is 0.346. The molecule has 3 rings (SSSR count). The molecule has 0 aliphatic heterocycles. The molecule has 3 aromatic rings. The zero-order chi connectivity index (χ0) is 24.2. The van der Waals surface area contributed by atoms with Gasteiger partial charge in [0, 0.05) is 43.2 Å². The molecule has 0 aliphatic rings. The third-order valence-electron chi connectivity index (χ3n) is 4.86. The normalized spacial score (nSPS) is 10.9. The molecule has 0 radical (unpaired) electrons. The van der Waals surface area contributed by atoms with E-state index in [-0.39, 0.29) is 0 Å². The zero-order valence-corrected chi connectivity index (χ0v) is 20.8. The smallest absolute Gasteiger partial charge is 0.217 e. The van der Waals surface area contributed by atoms with Crippen LogP contribution >= 0.6 is 11.6 Å². The third-order valence-corrected chi connectivity index (χ3v) is 5.08. The number of pyridine rings is 2. The van der Waals surface area contributed by atoms with E-state index in [4.69, 9.17) is 21.1 Å². The van der Waals surface area contributed by atoms with Gasteiger partial charge in [0.1, 0.15) is 13.2 Å². The Bertz CT molecular complexity index is 1050. The minimum atomic E-state index is 0.328. The quantitative estimate of drug-likeness (QED) is 0.184. The van der Waals surface area contributed by atoms with Gasteiger partial charge in [-0.2, -0.15) is 10.1 Å². The number of ether oxygens (including phenoxy) is 2. The molecule has 0 bridgehead atoms. The van der Waals surface area contributed by atoms with Gasteiger partial charge in [0.15, 0.2) is 5.82 Å². The zero-order valence-electron chi connectivity index (χ0n) is 20.0. The SMILES string of the molecule is CCCN(CCC)c1cc(N/N=C/c2cccc(C)c2)nc(OCCOc2ccc(Cl)cn2)c1. The second-order valence-corrected chi connectivity index (χ2v) is 8.27. The summed E-state index contributed by atoms with van der Waals surface area (Å²) in [6.45, 7) is 8.98. The second-order valence-electron chi connectivity index (χ2n) is 7.83. The van der Waals surface area contributed by atoms with Gasteiger partial charge < -0.3 is 14.4 Å². The summed E-state index contributed by atoms with van der Waals surface area (Å²) >= 11 is 5.86. The predicted molar refractivity (Wildman–Crippen MR) is 140 cm³/mol. The summed E-state index contributed by atoms with van der Waals surface area (Å²) in [6.07, 6.45) is 5.43. The number of aryl methyl sites for hydroxylation is 1. The van der Waals surface area contributed by atoms with Gasteiger partial charge in [0.25, 0.3) is 0 Å². The van der Waals surface area contributed by atoms with E-state index in [1.54, 1.807) is 24.5 Å². The summed E-state index contributed by atoms with van der Waals surface area (Å²) in [7, 11) is 0. The highest BCUT2D eigenvalue weighted by molar-refractivity contribution is 6.30. The molecule has 34 heavy (non-hydrogen) atoms. The molecule has 0 saturated carbocycles. The Labute approximate surface area is 206 Å². The number of rotatable bonds is 13. The van der Waals surface area contributed by atoms with Crippen LogP contribution in [0.15, 0.2) is 59.8 Å². The number of anilines is 2. The van der Waals surface area contributed by atoms with Crippen molar-refractivity contribution in [1.29, 1.82) is 0 Å². The molecule has 0 aliphatic carbocycles. The van der Waals surface area contributed by atoms with Crippen LogP contribution in [0.2, 0.25) is 5.02 Å². The molecule has 2 heterocycles. The summed E-state index contributed by atoms with van der Waals surface area (Å²) in [5.41, 5.74) is 6.30. The lowest BCUT2D eigenvalue weighted by atomic mass is 10.2. The molecule has 2 aromatic heterocycles. The average molecular weight is 482 g/mol. The fourth-order valence-corrected chi connectivity index (χ4v) is 3.49. The molecular weight excluding hydrogens is 450 g/mol. The van der Waals surface area contributed by atoms with Crippen molar-refractivity contribution in [2.24, 2.45) is 5.10 Å². The van der Waals surface area contributed by atoms with Crippen LogP contribution in [0.1, 0.15) is 37.8 Å². The monoisotopic (exact) mass is 481 g/mol. The molecule has 0 unspecified atom stereocenters. The van der Waals surface area contributed by atoms with Crippen molar-refractivity contribution < 1.29 is 9.47 Å². The third kappa shape index (κ3) is 8.23. The number of halogens is 1. The lowest BCUT2D eigenvalue weighted by molar-refractivity contribution is 0.207. The maximum Gasteiger partial charge on any atom is 0.217 e. The number of hydrogen-bond acceptors (Lipinski definition) is 7. The van der Waals surface area contributed by atoms with Gasteiger partial charge in [-0.05, 0) is 31.4 Å². The molecule has 1 N–H and O–H groups in total. The number of nitrogens with one attached hydrogen (secondary N) is 1. The number of benzene rings is 1. The number of nitrogens with zero attached hydrogens (tertiary/aromatic N) is 4. The molecular formula is C26H32ClN5O2. The van der Waals surface area contributed by atoms with Gasteiger partial charge >= 0.3 is 0 Å². The van der Waals surface area contributed by atoms with Gasteiger partial charge in [-0.15, -0.1) is 0 Å². The van der Waals surface area contributed by atoms with Crippen molar-refractivity contribution in [2.75, 3.05) is 36.6 Å². The summed E-state index contributed by atoms with van der Waals surface area (Å²) in [5, 5.41) is 4.94.